The summed E-state index contributed by atoms with van der Waals surface area (Å²) >= 11 is 0. The molecule has 2 aliphatic rings. The number of H-pyrrole nitrogens is 1. The predicted octanol–water partition coefficient (Wildman–Crippen LogP) is 3.90. The minimum absolute atomic E-state index is 0.00159. The maximum absolute atomic E-state index is 12.5. The van der Waals surface area contributed by atoms with E-state index in [2.05, 4.69) is 31.2 Å². The van der Waals surface area contributed by atoms with Gasteiger partial charge in [0.2, 0.25) is 0 Å². The molecule has 10 heteroatoms. The van der Waals surface area contributed by atoms with Gasteiger partial charge in [0.25, 0.3) is 0 Å². The first-order chi connectivity index (χ1) is 17.2. The lowest BCUT2D eigenvalue weighted by atomic mass is 9.79. The number of aryl methyl sites for hydroxylation is 1. The van der Waals surface area contributed by atoms with Gasteiger partial charge in [-0.1, -0.05) is 6.07 Å². The van der Waals surface area contributed by atoms with E-state index in [1.165, 1.54) is 6.33 Å². The predicted molar refractivity (Wildman–Crippen MR) is 135 cm³/mol. The highest BCUT2D eigenvalue weighted by molar-refractivity contribution is 6.02. The van der Waals surface area contributed by atoms with Gasteiger partial charge in [-0.3, -0.25) is 5.10 Å². The Morgan fingerprint density at radius 3 is 2.78 bits per heavy atom. The number of ether oxygens (including phenoxy) is 1. The van der Waals surface area contributed by atoms with E-state index in [0.717, 1.165) is 52.8 Å². The van der Waals surface area contributed by atoms with Crippen LogP contribution < -0.4 is 4.90 Å². The minimum atomic E-state index is -0.511. The number of aromatic nitrogens is 5. The van der Waals surface area contributed by atoms with Crippen molar-refractivity contribution in [1.29, 1.82) is 5.26 Å². The minimum Gasteiger partial charge on any atom is -0.444 e. The number of aromatic amines is 1. The number of hydrogen-bond donors (Lipinski definition) is 1. The second-order valence-electron chi connectivity index (χ2n) is 11.0. The first-order valence-electron chi connectivity index (χ1n) is 12.1. The van der Waals surface area contributed by atoms with Gasteiger partial charge in [0.15, 0.2) is 5.65 Å². The number of fused-ring (bicyclic) bond motifs is 2. The molecule has 2 aliphatic heterocycles. The highest BCUT2D eigenvalue weighted by Gasteiger charge is 2.50. The van der Waals surface area contributed by atoms with Crippen molar-refractivity contribution in [1.82, 2.24) is 29.7 Å². The van der Waals surface area contributed by atoms with Crippen LogP contribution in [0.15, 0.2) is 30.9 Å². The Hall–Kier alpha value is -4.13. The molecule has 0 aliphatic carbocycles. The molecule has 0 atom stereocenters. The molecule has 0 bridgehead atoms. The number of carbonyl (C=O) groups excluding carboxylic acids is 1. The topological polar surface area (TPSA) is 115 Å². The number of benzene rings is 1. The quantitative estimate of drug-likeness (QED) is 0.459. The van der Waals surface area contributed by atoms with Gasteiger partial charge in [0.05, 0.1) is 29.2 Å². The van der Waals surface area contributed by atoms with Crippen molar-refractivity contribution >= 4 is 28.3 Å². The summed E-state index contributed by atoms with van der Waals surface area (Å²) in [5, 5.41) is 23.1. The molecule has 1 aromatic carbocycles. The third-order valence-electron chi connectivity index (χ3n) is 7.22. The van der Waals surface area contributed by atoms with Crippen LogP contribution in [0.4, 0.5) is 10.5 Å². The molecule has 1 spiro atoms. The maximum atomic E-state index is 12.5. The molecule has 3 aromatic heterocycles. The zero-order valence-corrected chi connectivity index (χ0v) is 20.9. The molecule has 2 fully saturated rings. The number of pyridine rings is 1. The normalized spacial score (nSPS) is 17.1. The molecule has 184 valence electrons. The molecule has 0 unspecified atom stereocenters. The van der Waals surface area contributed by atoms with Crippen LogP contribution in [-0.4, -0.2) is 67.6 Å². The summed E-state index contributed by atoms with van der Waals surface area (Å²) in [5.41, 5.74) is 5.18. The molecular formula is C26H28N8O2. The molecule has 6 rings (SSSR count). The Morgan fingerprint density at radius 2 is 2.03 bits per heavy atom. The molecule has 2 saturated heterocycles. The van der Waals surface area contributed by atoms with Crippen molar-refractivity contribution in [2.75, 3.05) is 31.1 Å². The average molecular weight is 485 g/mol. The first kappa shape index (κ1) is 22.3. The third-order valence-corrected chi connectivity index (χ3v) is 7.22. The molecule has 1 N–H and O–H groups in total. The van der Waals surface area contributed by atoms with Crippen LogP contribution in [0, 0.1) is 23.7 Å². The molecule has 1 amide bonds. The van der Waals surface area contributed by atoms with Crippen molar-refractivity contribution in [2.45, 2.75) is 39.7 Å². The lowest BCUT2D eigenvalue weighted by Gasteiger charge is -2.47. The number of amides is 1. The number of nitrogens with zero attached hydrogens (tertiary/aromatic N) is 7. The number of anilines is 1. The van der Waals surface area contributed by atoms with Crippen LogP contribution >= 0.6 is 0 Å². The van der Waals surface area contributed by atoms with E-state index in [4.69, 9.17) is 4.74 Å². The van der Waals surface area contributed by atoms with E-state index in [-0.39, 0.29) is 11.5 Å². The van der Waals surface area contributed by atoms with Crippen molar-refractivity contribution in [2.24, 2.45) is 5.41 Å². The van der Waals surface area contributed by atoms with Gasteiger partial charge in [-0.2, -0.15) is 15.5 Å². The molecule has 0 saturated carbocycles. The standard InChI is InChI=1S/C26H28N8O2/c1-16-5-6-19-18(10-29-31-19)21(16)22-17(9-27)20(11-34-23(22)28-15-30-34)32-8-7-26(12-32)13-33(14-26)24(35)36-25(2,3)4/h5-6,10-11,15H,7-8,12-14H2,1-4H3,(H,29,31). The molecule has 36 heavy (non-hydrogen) atoms. The Kier molecular flexibility index (Phi) is 4.77. The van der Waals surface area contributed by atoms with E-state index >= 15 is 0 Å². The highest BCUT2D eigenvalue weighted by atomic mass is 16.6. The van der Waals surface area contributed by atoms with E-state index in [1.807, 2.05) is 46.0 Å². The average Bonchev–Trinajstić information content (AvgIpc) is 3.54. The summed E-state index contributed by atoms with van der Waals surface area (Å²) in [5.74, 6) is 0. The molecule has 5 heterocycles. The van der Waals surface area contributed by atoms with Crippen LogP contribution in [0.25, 0.3) is 27.7 Å². The third kappa shape index (κ3) is 3.46. The van der Waals surface area contributed by atoms with E-state index in [0.29, 0.717) is 24.3 Å². The number of likely N-dealkylation sites (tertiary alicyclic amines) is 1. The van der Waals surface area contributed by atoms with E-state index in [9.17, 15) is 10.1 Å². The fraction of sp³-hybridized carbons (Fsp3) is 0.423. The zero-order chi connectivity index (χ0) is 25.2. The highest BCUT2D eigenvalue weighted by Crippen LogP contribution is 2.45. The van der Waals surface area contributed by atoms with Crippen LogP contribution in [0.3, 0.4) is 0 Å². The summed E-state index contributed by atoms with van der Waals surface area (Å²) in [6, 6.07) is 6.51. The van der Waals surface area contributed by atoms with Gasteiger partial charge < -0.3 is 14.5 Å². The SMILES string of the molecule is Cc1ccc2[nH]ncc2c1-c1c(C#N)c(N2CCC3(CN(C(=O)OC(C)(C)C)C3)C2)cn2ncnc12. The van der Waals surface area contributed by atoms with Crippen LogP contribution in [0.2, 0.25) is 0 Å². The van der Waals surface area contributed by atoms with E-state index < -0.39 is 5.60 Å². The zero-order valence-electron chi connectivity index (χ0n) is 20.9. The van der Waals surface area contributed by atoms with Crippen LogP contribution in [0.5, 0.6) is 0 Å². The van der Waals surface area contributed by atoms with E-state index in [1.54, 1.807) is 15.6 Å². The fourth-order valence-electron chi connectivity index (χ4n) is 5.61. The lowest BCUT2D eigenvalue weighted by molar-refractivity contribution is -0.0266. The summed E-state index contributed by atoms with van der Waals surface area (Å²) in [6.07, 6.45) is 5.89. The van der Waals surface area contributed by atoms with Crippen LogP contribution in [-0.2, 0) is 4.74 Å². The summed E-state index contributed by atoms with van der Waals surface area (Å²) < 4.78 is 7.29. The maximum Gasteiger partial charge on any atom is 0.410 e. The molecule has 0 radical (unpaired) electrons. The van der Waals surface area contributed by atoms with Gasteiger partial charge in [0.1, 0.15) is 18.0 Å². The first-order valence-corrected chi connectivity index (χ1v) is 12.1. The molecule has 4 aromatic rings. The van der Waals surface area contributed by atoms with Gasteiger partial charge in [-0.15, -0.1) is 0 Å². The summed E-state index contributed by atoms with van der Waals surface area (Å²) in [4.78, 5) is 21.0. The Labute approximate surface area is 208 Å². The van der Waals surface area contributed by atoms with Crippen molar-refractivity contribution in [3.05, 3.63) is 42.0 Å². The number of hydrogen-bond acceptors (Lipinski definition) is 7. The number of nitriles is 1. The Bertz CT molecular complexity index is 1550. The lowest BCUT2D eigenvalue weighted by Crippen LogP contribution is -2.60. The van der Waals surface area contributed by atoms with Gasteiger partial charge in [-0.25, -0.2) is 14.3 Å². The fourth-order valence-corrected chi connectivity index (χ4v) is 5.61. The van der Waals surface area contributed by atoms with Gasteiger partial charge >= 0.3 is 6.09 Å². The summed E-state index contributed by atoms with van der Waals surface area (Å²) in [6.45, 7) is 10.5. The number of carbonyl (C=O) groups is 1. The second-order valence-corrected chi connectivity index (χ2v) is 11.0. The largest absolute Gasteiger partial charge is 0.444 e. The van der Waals surface area contributed by atoms with Crippen molar-refractivity contribution in [3.8, 4) is 17.2 Å². The number of nitrogens with one attached hydrogen (secondary N) is 1. The van der Waals surface area contributed by atoms with Gasteiger partial charge in [-0.05, 0) is 45.7 Å². The second kappa shape index (κ2) is 7.68. The number of rotatable bonds is 2. The summed E-state index contributed by atoms with van der Waals surface area (Å²) in [7, 11) is 0. The van der Waals surface area contributed by atoms with Crippen LogP contribution in [0.1, 0.15) is 38.3 Å². The van der Waals surface area contributed by atoms with Crippen molar-refractivity contribution in [3.63, 3.8) is 0 Å². The smallest absolute Gasteiger partial charge is 0.410 e. The Balaban J connectivity index is 1.38. The van der Waals surface area contributed by atoms with Crippen molar-refractivity contribution < 1.29 is 9.53 Å². The monoisotopic (exact) mass is 484 g/mol. The molecule has 10 nitrogen and oxygen atoms in total. The Morgan fingerprint density at radius 1 is 1.22 bits per heavy atom. The molecular weight excluding hydrogens is 456 g/mol. The van der Waals surface area contributed by atoms with Gasteiger partial charge in [0, 0.05) is 48.1 Å².